The molecular formula is C16H24N2O3S. The van der Waals surface area contributed by atoms with Crippen molar-refractivity contribution in [1.29, 1.82) is 0 Å². The Kier molecular flexibility index (Phi) is 4.54. The fraction of sp³-hybridized carbons (Fsp3) is 0.625. The summed E-state index contributed by atoms with van der Waals surface area (Å²) in [6.45, 7) is 4.98. The Bertz CT molecular complexity index is 603. The molecule has 0 amide bonds. The van der Waals surface area contributed by atoms with Gasteiger partial charge < -0.3 is 5.11 Å². The third kappa shape index (κ3) is 3.51. The van der Waals surface area contributed by atoms with Gasteiger partial charge in [0.1, 0.15) is 0 Å². The second kappa shape index (κ2) is 6.28. The third-order valence-electron chi connectivity index (χ3n) is 4.60. The highest BCUT2D eigenvalue weighted by Gasteiger charge is 2.33. The Balaban J connectivity index is 1.59. The van der Waals surface area contributed by atoms with Crippen molar-refractivity contribution < 1.29 is 13.5 Å². The van der Waals surface area contributed by atoms with E-state index in [1.807, 2.05) is 19.1 Å². The number of hydrogen-bond donors (Lipinski definition) is 1. The minimum absolute atomic E-state index is 0.250. The van der Waals surface area contributed by atoms with Gasteiger partial charge in [0.25, 0.3) is 0 Å². The van der Waals surface area contributed by atoms with Gasteiger partial charge in [-0.2, -0.15) is 4.31 Å². The van der Waals surface area contributed by atoms with E-state index in [0.717, 1.165) is 18.4 Å². The summed E-state index contributed by atoms with van der Waals surface area (Å²) in [6.07, 6.45) is 2.01. The number of rotatable bonds is 5. The summed E-state index contributed by atoms with van der Waals surface area (Å²) in [5.41, 5.74) is 1.05. The molecular weight excluding hydrogens is 300 g/mol. The Morgan fingerprint density at radius 1 is 1.14 bits per heavy atom. The minimum atomic E-state index is -3.39. The molecule has 1 heterocycles. The SMILES string of the molecule is Cc1ccc(S(=O)(=O)N2CCN(C[C@@H](O)C3CC3)CC2)cc1. The first kappa shape index (κ1) is 15.9. The molecule has 0 bridgehead atoms. The minimum Gasteiger partial charge on any atom is -0.392 e. The van der Waals surface area contributed by atoms with Crippen molar-refractivity contribution in [3.8, 4) is 0 Å². The molecule has 1 N–H and O–H groups in total. The Labute approximate surface area is 132 Å². The number of benzene rings is 1. The maximum atomic E-state index is 12.6. The van der Waals surface area contributed by atoms with E-state index in [1.165, 1.54) is 0 Å². The summed E-state index contributed by atoms with van der Waals surface area (Å²) in [5.74, 6) is 0.467. The average Bonchev–Trinajstić information content (AvgIpc) is 3.33. The second-order valence-corrected chi connectivity index (χ2v) is 8.36. The van der Waals surface area contributed by atoms with E-state index in [-0.39, 0.29) is 6.10 Å². The Hall–Kier alpha value is -0.950. The smallest absolute Gasteiger partial charge is 0.243 e. The third-order valence-corrected chi connectivity index (χ3v) is 6.51. The van der Waals surface area contributed by atoms with Gasteiger partial charge in [-0.15, -0.1) is 0 Å². The van der Waals surface area contributed by atoms with Gasteiger partial charge in [-0.25, -0.2) is 8.42 Å². The quantitative estimate of drug-likeness (QED) is 0.880. The first-order chi connectivity index (χ1) is 10.5. The van der Waals surface area contributed by atoms with Crippen molar-refractivity contribution in [2.45, 2.75) is 30.8 Å². The highest BCUT2D eigenvalue weighted by molar-refractivity contribution is 7.89. The van der Waals surface area contributed by atoms with Crippen molar-refractivity contribution in [2.24, 2.45) is 5.92 Å². The molecule has 0 radical (unpaired) electrons. The molecule has 6 heteroatoms. The standard InChI is InChI=1S/C16H24N2O3S/c1-13-2-6-15(7-3-13)22(20,21)18-10-8-17(9-11-18)12-16(19)14-4-5-14/h2-3,6-7,14,16,19H,4-5,8-12H2,1H3/t16-/m1/s1. The summed E-state index contributed by atoms with van der Waals surface area (Å²) >= 11 is 0. The molecule has 1 saturated heterocycles. The van der Waals surface area contributed by atoms with Gasteiger partial charge in [0.2, 0.25) is 10.0 Å². The van der Waals surface area contributed by atoms with Crippen LogP contribution in [0.2, 0.25) is 0 Å². The van der Waals surface area contributed by atoms with Gasteiger partial charge in [-0.05, 0) is 37.8 Å². The van der Waals surface area contributed by atoms with Crippen LogP contribution >= 0.6 is 0 Å². The van der Waals surface area contributed by atoms with Gasteiger partial charge in [-0.1, -0.05) is 17.7 Å². The van der Waals surface area contributed by atoms with E-state index < -0.39 is 10.0 Å². The normalized spacial score (nSPS) is 22.6. The van der Waals surface area contributed by atoms with E-state index in [9.17, 15) is 13.5 Å². The Morgan fingerprint density at radius 2 is 1.73 bits per heavy atom. The molecule has 2 fully saturated rings. The molecule has 1 aromatic rings. The van der Waals surface area contributed by atoms with Gasteiger partial charge in [0.15, 0.2) is 0 Å². The zero-order chi connectivity index (χ0) is 15.7. The van der Waals surface area contributed by atoms with Crippen LogP contribution in [-0.2, 0) is 10.0 Å². The van der Waals surface area contributed by atoms with Crippen LogP contribution in [0.25, 0.3) is 0 Å². The monoisotopic (exact) mass is 324 g/mol. The van der Waals surface area contributed by atoms with Crippen LogP contribution in [0.1, 0.15) is 18.4 Å². The largest absolute Gasteiger partial charge is 0.392 e. The molecule has 2 aliphatic rings. The molecule has 0 aromatic heterocycles. The zero-order valence-corrected chi connectivity index (χ0v) is 13.8. The van der Waals surface area contributed by atoms with E-state index >= 15 is 0 Å². The van der Waals surface area contributed by atoms with Crippen LogP contribution < -0.4 is 0 Å². The second-order valence-electron chi connectivity index (χ2n) is 6.42. The summed E-state index contributed by atoms with van der Waals surface area (Å²) in [5, 5.41) is 10.00. The number of sulfonamides is 1. The lowest BCUT2D eigenvalue weighted by molar-refractivity contribution is 0.0782. The molecule has 22 heavy (non-hydrogen) atoms. The van der Waals surface area contributed by atoms with E-state index in [4.69, 9.17) is 0 Å². The molecule has 122 valence electrons. The van der Waals surface area contributed by atoms with Crippen LogP contribution in [0.5, 0.6) is 0 Å². The molecule has 3 rings (SSSR count). The number of hydrogen-bond acceptors (Lipinski definition) is 4. The van der Waals surface area contributed by atoms with Gasteiger partial charge in [-0.3, -0.25) is 4.90 Å². The Morgan fingerprint density at radius 3 is 2.27 bits per heavy atom. The molecule has 0 spiro atoms. The highest BCUT2D eigenvalue weighted by atomic mass is 32.2. The fourth-order valence-electron chi connectivity index (χ4n) is 2.91. The number of β-amino-alcohol motifs (C(OH)–C–C–N with tert-alkyl or cyclic N) is 1. The van der Waals surface area contributed by atoms with E-state index in [2.05, 4.69) is 4.90 Å². The van der Waals surface area contributed by atoms with Crippen LogP contribution in [-0.4, -0.2) is 61.6 Å². The molecule has 0 unspecified atom stereocenters. The van der Waals surface area contributed by atoms with Crippen molar-refractivity contribution in [3.63, 3.8) is 0 Å². The first-order valence-electron chi connectivity index (χ1n) is 7.94. The average molecular weight is 324 g/mol. The predicted molar refractivity (Wildman–Crippen MR) is 85.1 cm³/mol. The molecule has 5 nitrogen and oxygen atoms in total. The summed E-state index contributed by atoms with van der Waals surface area (Å²) in [7, 11) is -3.39. The van der Waals surface area contributed by atoms with Crippen LogP contribution in [0.15, 0.2) is 29.2 Å². The maximum absolute atomic E-state index is 12.6. The lowest BCUT2D eigenvalue weighted by Crippen LogP contribution is -2.50. The number of aliphatic hydroxyl groups excluding tert-OH is 1. The van der Waals surface area contributed by atoms with Crippen molar-refractivity contribution in [1.82, 2.24) is 9.21 Å². The van der Waals surface area contributed by atoms with Crippen molar-refractivity contribution in [2.75, 3.05) is 32.7 Å². The van der Waals surface area contributed by atoms with E-state index in [1.54, 1.807) is 16.4 Å². The molecule has 1 saturated carbocycles. The lowest BCUT2D eigenvalue weighted by Gasteiger charge is -2.35. The van der Waals surface area contributed by atoms with Gasteiger partial charge >= 0.3 is 0 Å². The summed E-state index contributed by atoms with van der Waals surface area (Å²) in [6, 6.07) is 7.01. The van der Waals surface area contributed by atoms with Crippen molar-refractivity contribution in [3.05, 3.63) is 29.8 Å². The fourth-order valence-corrected chi connectivity index (χ4v) is 4.33. The zero-order valence-electron chi connectivity index (χ0n) is 13.0. The van der Waals surface area contributed by atoms with Crippen LogP contribution in [0.3, 0.4) is 0 Å². The summed E-state index contributed by atoms with van der Waals surface area (Å²) in [4.78, 5) is 2.54. The first-order valence-corrected chi connectivity index (χ1v) is 9.38. The number of aliphatic hydroxyl groups is 1. The molecule has 1 aliphatic carbocycles. The highest BCUT2D eigenvalue weighted by Crippen LogP contribution is 2.33. The summed E-state index contributed by atoms with van der Waals surface area (Å²) < 4.78 is 26.8. The topological polar surface area (TPSA) is 60.9 Å². The van der Waals surface area contributed by atoms with Crippen LogP contribution in [0, 0.1) is 12.8 Å². The molecule has 1 atom stereocenters. The maximum Gasteiger partial charge on any atom is 0.243 e. The van der Waals surface area contributed by atoms with E-state index in [0.29, 0.717) is 43.5 Å². The number of aryl methyl sites for hydroxylation is 1. The van der Waals surface area contributed by atoms with Gasteiger partial charge in [0, 0.05) is 32.7 Å². The number of piperazine rings is 1. The molecule has 1 aliphatic heterocycles. The van der Waals surface area contributed by atoms with Crippen LogP contribution in [0.4, 0.5) is 0 Å². The van der Waals surface area contributed by atoms with Crippen molar-refractivity contribution >= 4 is 10.0 Å². The lowest BCUT2D eigenvalue weighted by atomic mass is 10.2. The predicted octanol–water partition coefficient (Wildman–Crippen LogP) is 1.07. The van der Waals surface area contributed by atoms with Gasteiger partial charge in [0.05, 0.1) is 11.0 Å². The number of nitrogens with zero attached hydrogens (tertiary/aromatic N) is 2. The molecule has 1 aromatic carbocycles.